The van der Waals surface area contributed by atoms with Crippen LogP contribution in [0.4, 0.5) is 0 Å². The normalized spacial score (nSPS) is 11.5. The molecular formula is C8H12N2O3S. The van der Waals surface area contributed by atoms with Crippen LogP contribution in [0.3, 0.4) is 0 Å². The zero-order valence-corrected chi connectivity index (χ0v) is 8.70. The first-order chi connectivity index (χ1) is 6.49. The van der Waals surface area contributed by atoms with Gasteiger partial charge in [-0.1, -0.05) is 0 Å². The van der Waals surface area contributed by atoms with Gasteiger partial charge in [-0.3, -0.25) is 9.36 Å². The van der Waals surface area contributed by atoms with Gasteiger partial charge in [-0.15, -0.1) is 0 Å². The van der Waals surface area contributed by atoms with Gasteiger partial charge in [0.2, 0.25) is 0 Å². The molecule has 5 nitrogen and oxygen atoms in total. The maximum Gasteiger partial charge on any atom is 0.253 e. The van der Waals surface area contributed by atoms with E-state index in [0.717, 1.165) is 0 Å². The monoisotopic (exact) mass is 216 g/mol. The molecule has 0 N–H and O–H groups in total. The standard InChI is InChI=1S/C8H12N2O3S/c1-14(12,13)6-2-5-10-7-9-4-3-8(10)11/h3-4,7H,2,5-6H2,1H3. The topological polar surface area (TPSA) is 69.0 Å². The predicted molar refractivity (Wildman–Crippen MR) is 52.8 cm³/mol. The van der Waals surface area contributed by atoms with Crippen molar-refractivity contribution >= 4 is 9.84 Å². The Morgan fingerprint density at radius 1 is 1.50 bits per heavy atom. The molecule has 0 aromatic carbocycles. The lowest BCUT2D eigenvalue weighted by atomic mass is 10.4. The highest BCUT2D eigenvalue weighted by molar-refractivity contribution is 7.90. The minimum Gasteiger partial charge on any atom is -0.299 e. The van der Waals surface area contributed by atoms with Crippen molar-refractivity contribution < 1.29 is 8.42 Å². The molecule has 14 heavy (non-hydrogen) atoms. The van der Waals surface area contributed by atoms with E-state index < -0.39 is 9.84 Å². The Kier molecular flexibility index (Phi) is 3.40. The van der Waals surface area contributed by atoms with Crippen molar-refractivity contribution in [2.24, 2.45) is 0 Å². The lowest BCUT2D eigenvalue weighted by Crippen LogP contribution is -2.20. The van der Waals surface area contributed by atoms with E-state index in [1.165, 1.54) is 29.4 Å². The van der Waals surface area contributed by atoms with Gasteiger partial charge in [0.1, 0.15) is 9.84 Å². The van der Waals surface area contributed by atoms with Crippen LogP contribution in [0.2, 0.25) is 0 Å². The second kappa shape index (κ2) is 4.36. The van der Waals surface area contributed by atoms with Crippen LogP contribution in [-0.2, 0) is 16.4 Å². The van der Waals surface area contributed by atoms with Gasteiger partial charge in [-0.05, 0) is 6.42 Å². The third kappa shape index (κ3) is 3.69. The van der Waals surface area contributed by atoms with E-state index in [9.17, 15) is 13.2 Å². The highest BCUT2D eigenvalue weighted by Crippen LogP contribution is 1.91. The number of hydrogen-bond acceptors (Lipinski definition) is 4. The highest BCUT2D eigenvalue weighted by Gasteiger charge is 2.02. The van der Waals surface area contributed by atoms with Gasteiger partial charge in [0.15, 0.2) is 0 Å². The fourth-order valence-electron chi connectivity index (χ4n) is 1.04. The van der Waals surface area contributed by atoms with Crippen LogP contribution in [0.5, 0.6) is 0 Å². The van der Waals surface area contributed by atoms with E-state index in [1.807, 2.05) is 0 Å². The van der Waals surface area contributed by atoms with Gasteiger partial charge in [-0.25, -0.2) is 13.4 Å². The number of nitrogens with zero attached hydrogens (tertiary/aromatic N) is 2. The maximum atomic E-state index is 11.1. The Bertz CT molecular complexity index is 450. The first-order valence-electron chi connectivity index (χ1n) is 4.17. The molecule has 0 radical (unpaired) electrons. The molecule has 0 unspecified atom stereocenters. The van der Waals surface area contributed by atoms with Crippen molar-refractivity contribution in [3.8, 4) is 0 Å². The molecule has 0 spiro atoms. The smallest absolute Gasteiger partial charge is 0.253 e. The van der Waals surface area contributed by atoms with Crippen LogP contribution in [-0.4, -0.2) is 30.0 Å². The largest absolute Gasteiger partial charge is 0.299 e. The molecule has 0 saturated carbocycles. The molecule has 0 aliphatic carbocycles. The molecule has 0 atom stereocenters. The Morgan fingerprint density at radius 3 is 2.79 bits per heavy atom. The Morgan fingerprint density at radius 2 is 2.21 bits per heavy atom. The van der Waals surface area contributed by atoms with E-state index >= 15 is 0 Å². The molecule has 0 fully saturated rings. The van der Waals surface area contributed by atoms with Crippen molar-refractivity contribution in [2.75, 3.05) is 12.0 Å². The van der Waals surface area contributed by atoms with Crippen LogP contribution in [0, 0.1) is 0 Å². The maximum absolute atomic E-state index is 11.1. The van der Waals surface area contributed by atoms with Gasteiger partial charge in [0, 0.05) is 25.1 Å². The van der Waals surface area contributed by atoms with Crippen LogP contribution < -0.4 is 5.56 Å². The van der Waals surface area contributed by atoms with E-state index in [4.69, 9.17) is 0 Å². The van der Waals surface area contributed by atoms with Crippen LogP contribution in [0.1, 0.15) is 6.42 Å². The lowest BCUT2D eigenvalue weighted by Gasteiger charge is -2.02. The fourth-order valence-corrected chi connectivity index (χ4v) is 1.70. The van der Waals surface area contributed by atoms with E-state index in [1.54, 1.807) is 0 Å². The van der Waals surface area contributed by atoms with Crippen molar-refractivity contribution in [3.63, 3.8) is 0 Å². The van der Waals surface area contributed by atoms with Gasteiger partial charge < -0.3 is 0 Å². The fraction of sp³-hybridized carbons (Fsp3) is 0.500. The minimum atomic E-state index is -2.94. The summed E-state index contributed by atoms with van der Waals surface area (Å²) >= 11 is 0. The van der Waals surface area contributed by atoms with Crippen LogP contribution >= 0.6 is 0 Å². The third-order valence-electron chi connectivity index (χ3n) is 1.71. The summed E-state index contributed by atoms with van der Waals surface area (Å²) in [5.41, 5.74) is -0.159. The molecule has 0 bridgehead atoms. The first-order valence-corrected chi connectivity index (χ1v) is 6.23. The number of aryl methyl sites for hydroxylation is 1. The molecule has 1 aromatic heterocycles. The quantitative estimate of drug-likeness (QED) is 0.691. The zero-order valence-electron chi connectivity index (χ0n) is 7.88. The third-order valence-corrected chi connectivity index (χ3v) is 2.74. The number of rotatable bonds is 4. The van der Waals surface area contributed by atoms with Gasteiger partial charge in [0.05, 0.1) is 12.1 Å². The molecule has 0 saturated heterocycles. The second-order valence-electron chi connectivity index (χ2n) is 3.10. The summed E-state index contributed by atoms with van der Waals surface area (Å²) in [6.45, 7) is 0.389. The van der Waals surface area contributed by atoms with Crippen molar-refractivity contribution in [1.29, 1.82) is 0 Å². The van der Waals surface area contributed by atoms with Crippen molar-refractivity contribution in [3.05, 3.63) is 28.9 Å². The summed E-state index contributed by atoms with van der Waals surface area (Å²) in [7, 11) is -2.94. The molecule has 1 aromatic rings. The van der Waals surface area contributed by atoms with Crippen LogP contribution in [0.25, 0.3) is 0 Å². The van der Waals surface area contributed by atoms with Crippen LogP contribution in [0.15, 0.2) is 23.4 Å². The molecule has 78 valence electrons. The second-order valence-corrected chi connectivity index (χ2v) is 5.36. The summed E-state index contributed by atoms with van der Waals surface area (Å²) in [5, 5.41) is 0. The molecular weight excluding hydrogens is 204 g/mol. The summed E-state index contributed by atoms with van der Waals surface area (Å²) in [4.78, 5) is 14.9. The molecule has 6 heteroatoms. The molecule has 1 rings (SSSR count). The van der Waals surface area contributed by atoms with E-state index in [-0.39, 0.29) is 11.3 Å². The lowest BCUT2D eigenvalue weighted by molar-refractivity contribution is 0.587. The van der Waals surface area contributed by atoms with Crippen molar-refractivity contribution in [1.82, 2.24) is 9.55 Å². The Labute approximate surface area is 82.3 Å². The van der Waals surface area contributed by atoms with E-state index in [0.29, 0.717) is 13.0 Å². The average molecular weight is 216 g/mol. The molecule has 0 amide bonds. The highest BCUT2D eigenvalue weighted by atomic mass is 32.2. The average Bonchev–Trinajstić information content (AvgIpc) is 2.06. The Hall–Kier alpha value is -1.17. The zero-order chi connectivity index (χ0) is 10.6. The molecule has 0 aliphatic heterocycles. The van der Waals surface area contributed by atoms with E-state index in [2.05, 4.69) is 4.98 Å². The first kappa shape index (κ1) is 10.9. The minimum absolute atomic E-state index is 0.0916. The SMILES string of the molecule is CS(=O)(=O)CCCn1cnccc1=O. The molecule has 0 aliphatic rings. The summed E-state index contributed by atoms with van der Waals surface area (Å²) in [5.74, 6) is 0.0916. The number of sulfone groups is 1. The summed E-state index contributed by atoms with van der Waals surface area (Å²) < 4.78 is 23.0. The van der Waals surface area contributed by atoms with Crippen molar-refractivity contribution in [2.45, 2.75) is 13.0 Å². The number of hydrogen-bond donors (Lipinski definition) is 0. The molecule has 1 heterocycles. The van der Waals surface area contributed by atoms with Gasteiger partial charge >= 0.3 is 0 Å². The summed E-state index contributed by atoms with van der Waals surface area (Å²) in [6, 6.07) is 1.35. The predicted octanol–water partition coefficient (Wildman–Crippen LogP) is -0.322. The number of aromatic nitrogens is 2. The van der Waals surface area contributed by atoms with Gasteiger partial charge in [-0.2, -0.15) is 0 Å². The Balaban J connectivity index is 2.55. The summed E-state index contributed by atoms with van der Waals surface area (Å²) in [6.07, 6.45) is 4.43. The van der Waals surface area contributed by atoms with Gasteiger partial charge in [0.25, 0.3) is 5.56 Å².